The van der Waals surface area contributed by atoms with Crippen molar-refractivity contribution in [2.75, 3.05) is 11.9 Å². The molecule has 9 heteroatoms. The normalized spacial score (nSPS) is 11.8. The predicted molar refractivity (Wildman–Crippen MR) is 60.3 cm³/mol. The Morgan fingerprint density at radius 3 is 2.72 bits per heavy atom. The van der Waals surface area contributed by atoms with Crippen LogP contribution in [-0.2, 0) is 19.6 Å². The lowest BCUT2D eigenvalue weighted by Crippen LogP contribution is -2.08. The number of hydrogen-bond donors (Lipinski definition) is 1. The fraction of sp³-hybridized carbons (Fsp3) is 0.444. The van der Waals surface area contributed by atoms with E-state index in [4.69, 9.17) is 0 Å². The van der Waals surface area contributed by atoms with Crippen molar-refractivity contribution in [2.24, 2.45) is 7.05 Å². The van der Waals surface area contributed by atoms with Crippen LogP contribution >= 0.6 is 11.3 Å². The van der Waals surface area contributed by atoms with E-state index in [1.54, 1.807) is 6.20 Å². The van der Waals surface area contributed by atoms with Gasteiger partial charge in [-0.1, -0.05) is 11.3 Å². The SMILES string of the molecule is Cn1ccnc1CCNc1nnc(C(F)(F)F)s1. The van der Waals surface area contributed by atoms with Gasteiger partial charge in [0.05, 0.1) is 0 Å². The van der Waals surface area contributed by atoms with Crippen molar-refractivity contribution in [1.82, 2.24) is 19.7 Å². The zero-order chi connectivity index (χ0) is 13.2. The topological polar surface area (TPSA) is 55.6 Å². The van der Waals surface area contributed by atoms with Crippen molar-refractivity contribution in [1.29, 1.82) is 0 Å². The molecule has 0 atom stereocenters. The summed E-state index contributed by atoms with van der Waals surface area (Å²) in [5, 5.41) is 8.53. The van der Waals surface area contributed by atoms with E-state index in [-0.39, 0.29) is 5.13 Å². The molecule has 0 aliphatic rings. The van der Waals surface area contributed by atoms with Crippen molar-refractivity contribution in [3.05, 3.63) is 23.2 Å². The Bertz CT molecular complexity index is 518. The molecule has 0 saturated heterocycles. The summed E-state index contributed by atoms with van der Waals surface area (Å²) in [6, 6.07) is 0. The molecule has 0 aromatic carbocycles. The highest BCUT2D eigenvalue weighted by molar-refractivity contribution is 7.15. The number of aryl methyl sites for hydroxylation is 1. The van der Waals surface area contributed by atoms with Gasteiger partial charge in [-0.15, -0.1) is 10.2 Å². The van der Waals surface area contributed by atoms with Crippen LogP contribution < -0.4 is 5.32 Å². The fourth-order valence-electron chi connectivity index (χ4n) is 1.33. The van der Waals surface area contributed by atoms with Crippen LogP contribution in [0.1, 0.15) is 10.8 Å². The van der Waals surface area contributed by atoms with Crippen molar-refractivity contribution in [3.8, 4) is 0 Å². The predicted octanol–water partition coefficient (Wildman–Crippen LogP) is 1.94. The summed E-state index contributed by atoms with van der Waals surface area (Å²) in [6.07, 6.45) is -0.355. The Hall–Kier alpha value is -1.64. The second kappa shape index (κ2) is 4.92. The van der Waals surface area contributed by atoms with Gasteiger partial charge in [0.1, 0.15) is 5.82 Å². The van der Waals surface area contributed by atoms with Gasteiger partial charge in [0.15, 0.2) is 0 Å². The first kappa shape index (κ1) is 12.8. The number of rotatable bonds is 4. The van der Waals surface area contributed by atoms with Gasteiger partial charge < -0.3 is 9.88 Å². The molecule has 0 unspecified atom stereocenters. The minimum atomic E-state index is -4.43. The maximum Gasteiger partial charge on any atom is 0.445 e. The first-order valence-electron chi connectivity index (χ1n) is 5.07. The second-order valence-corrected chi connectivity index (χ2v) is 4.52. The lowest BCUT2D eigenvalue weighted by Gasteiger charge is -2.02. The Labute approximate surface area is 105 Å². The molecule has 2 aromatic heterocycles. The van der Waals surface area contributed by atoms with Crippen molar-refractivity contribution in [3.63, 3.8) is 0 Å². The highest BCUT2D eigenvalue weighted by Gasteiger charge is 2.35. The molecule has 0 bridgehead atoms. The molecule has 2 rings (SSSR count). The number of anilines is 1. The summed E-state index contributed by atoms with van der Waals surface area (Å²) in [7, 11) is 1.86. The average Bonchev–Trinajstić information content (AvgIpc) is 2.88. The van der Waals surface area contributed by atoms with Gasteiger partial charge in [-0.2, -0.15) is 13.2 Å². The molecule has 5 nitrogen and oxygen atoms in total. The van der Waals surface area contributed by atoms with Crippen LogP contribution in [0.25, 0.3) is 0 Å². The van der Waals surface area contributed by atoms with E-state index in [0.29, 0.717) is 24.3 Å². The van der Waals surface area contributed by atoms with Crippen LogP contribution in [0.5, 0.6) is 0 Å². The van der Waals surface area contributed by atoms with Gasteiger partial charge in [-0.25, -0.2) is 4.98 Å². The van der Waals surface area contributed by atoms with E-state index >= 15 is 0 Å². The van der Waals surface area contributed by atoms with Crippen LogP contribution in [0.4, 0.5) is 18.3 Å². The van der Waals surface area contributed by atoms with Crippen LogP contribution in [0.15, 0.2) is 12.4 Å². The van der Waals surface area contributed by atoms with Gasteiger partial charge >= 0.3 is 6.18 Å². The van der Waals surface area contributed by atoms with E-state index in [0.717, 1.165) is 5.82 Å². The summed E-state index contributed by atoms with van der Waals surface area (Å²) in [5.41, 5.74) is 0. The molecule has 0 spiro atoms. The highest BCUT2D eigenvalue weighted by atomic mass is 32.1. The number of halogens is 3. The molecular weight excluding hydrogens is 267 g/mol. The summed E-state index contributed by atoms with van der Waals surface area (Å²) in [6.45, 7) is 0.456. The molecule has 2 heterocycles. The average molecular weight is 277 g/mol. The monoisotopic (exact) mass is 277 g/mol. The first-order valence-corrected chi connectivity index (χ1v) is 5.89. The summed E-state index contributed by atoms with van der Waals surface area (Å²) in [5.74, 6) is 0.850. The molecule has 0 fully saturated rings. The Morgan fingerprint density at radius 1 is 1.39 bits per heavy atom. The van der Waals surface area contributed by atoms with Gasteiger partial charge in [0, 0.05) is 32.4 Å². The van der Waals surface area contributed by atoms with Crippen LogP contribution in [0.2, 0.25) is 0 Å². The first-order chi connectivity index (χ1) is 8.47. The number of imidazole rings is 1. The summed E-state index contributed by atoms with van der Waals surface area (Å²) < 4.78 is 38.6. The maximum absolute atomic E-state index is 12.3. The third kappa shape index (κ3) is 2.97. The maximum atomic E-state index is 12.3. The molecule has 1 N–H and O–H groups in total. The molecule has 2 aromatic rings. The molecule has 0 aliphatic heterocycles. The minimum absolute atomic E-state index is 0.163. The third-order valence-corrected chi connectivity index (χ3v) is 3.14. The highest BCUT2D eigenvalue weighted by Crippen LogP contribution is 2.32. The lowest BCUT2D eigenvalue weighted by atomic mass is 10.4. The Kier molecular flexibility index (Phi) is 3.50. The van der Waals surface area contributed by atoms with Crippen molar-refractivity contribution in [2.45, 2.75) is 12.6 Å². The molecule has 0 radical (unpaired) electrons. The number of nitrogens with one attached hydrogen (secondary N) is 1. The minimum Gasteiger partial charge on any atom is -0.360 e. The van der Waals surface area contributed by atoms with Gasteiger partial charge in [0.2, 0.25) is 10.1 Å². The van der Waals surface area contributed by atoms with Gasteiger partial charge in [0.25, 0.3) is 0 Å². The standard InChI is InChI=1S/C9H10F3N5S/c1-17-5-4-13-6(17)2-3-14-8-16-15-7(18-8)9(10,11)12/h4-5H,2-3H2,1H3,(H,14,16). The van der Waals surface area contributed by atoms with Gasteiger partial charge in [-0.05, 0) is 0 Å². The number of hydrogen-bond acceptors (Lipinski definition) is 5. The fourth-order valence-corrected chi connectivity index (χ4v) is 1.96. The molecule has 0 saturated carbocycles. The van der Waals surface area contributed by atoms with Crippen molar-refractivity contribution >= 4 is 16.5 Å². The summed E-state index contributed by atoms with van der Waals surface area (Å²) >= 11 is 0.496. The Balaban J connectivity index is 1.88. The number of alkyl halides is 3. The Morgan fingerprint density at radius 2 is 2.17 bits per heavy atom. The molecule has 0 amide bonds. The van der Waals surface area contributed by atoms with Gasteiger partial charge in [-0.3, -0.25) is 0 Å². The summed E-state index contributed by atoms with van der Waals surface area (Å²) in [4.78, 5) is 4.10. The third-order valence-electron chi connectivity index (χ3n) is 2.21. The van der Waals surface area contributed by atoms with Crippen LogP contribution in [-0.4, -0.2) is 26.3 Å². The largest absolute Gasteiger partial charge is 0.445 e. The van der Waals surface area contributed by atoms with E-state index < -0.39 is 11.2 Å². The molecule has 18 heavy (non-hydrogen) atoms. The van der Waals surface area contributed by atoms with E-state index in [2.05, 4.69) is 20.5 Å². The van der Waals surface area contributed by atoms with E-state index in [1.807, 2.05) is 17.8 Å². The molecule has 98 valence electrons. The smallest absolute Gasteiger partial charge is 0.360 e. The molecule has 0 aliphatic carbocycles. The van der Waals surface area contributed by atoms with E-state index in [1.165, 1.54) is 0 Å². The number of aromatic nitrogens is 4. The second-order valence-electron chi connectivity index (χ2n) is 3.54. The van der Waals surface area contributed by atoms with Crippen molar-refractivity contribution < 1.29 is 13.2 Å². The van der Waals surface area contributed by atoms with E-state index in [9.17, 15) is 13.2 Å². The molecular formula is C9H10F3N5S. The van der Waals surface area contributed by atoms with Crippen LogP contribution in [0.3, 0.4) is 0 Å². The zero-order valence-electron chi connectivity index (χ0n) is 9.40. The lowest BCUT2D eigenvalue weighted by molar-refractivity contribution is -0.138. The number of nitrogens with zero attached hydrogens (tertiary/aromatic N) is 4. The zero-order valence-corrected chi connectivity index (χ0v) is 10.2. The van der Waals surface area contributed by atoms with Crippen LogP contribution in [0, 0.1) is 0 Å². The quantitative estimate of drug-likeness (QED) is 0.928.